The van der Waals surface area contributed by atoms with Crippen molar-refractivity contribution in [2.24, 2.45) is 5.92 Å². The first-order valence-electron chi connectivity index (χ1n) is 8.93. The molecule has 3 fully saturated rings. The monoisotopic (exact) mass is 314 g/mol. The molecule has 1 amide bonds. The fourth-order valence-corrected chi connectivity index (χ4v) is 4.29. The lowest BCUT2D eigenvalue weighted by Gasteiger charge is -2.23. The Morgan fingerprint density at radius 2 is 2.04 bits per heavy atom. The van der Waals surface area contributed by atoms with E-state index in [9.17, 15) is 4.79 Å². The third-order valence-electron chi connectivity index (χ3n) is 5.76. The molecule has 23 heavy (non-hydrogen) atoms. The number of amides is 1. The number of methoxy groups -OCH3 is 1. The van der Waals surface area contributed by atoms with Crippen LogP contribution in [0.3, 0.4) is 0 Å². The predicted octanol–water partition coefficient (Wildman–Crippen LogP) is 2.50. The van der Waals surface area contributed by atoms with Gasteiger partial charge in [-0.2, -0.15) is 0 Å². The molecule has 2 aliphatic heterocycles. The average molecular weight is 314 g/mol. The zero-order chi connectivity index (χ0) is 15.8. The third kappa shape index (κ3) is 2.97. The molecule has 0 spiro atoms. The number of likely N-dealkylation sites (tertiary alicyclic amines) is 2. The minimum Gasteiger partial charge on any atom is -0.497 e. The van der Waals surface area contributed by atoms with Gasteiger partial charge in [-0.15, -0.1) is 0 Å². The molecule has 3 atom stereocenters. The zero-order valence-electron chi connectivity index (χ0n) is 13.9. The number of carbonyl (C=O) groups excluding carboxylic acids is 1. The topological polar surface area (TPSA) is 32.8 Å². The van der Waals surface area contributed by atoms with Crippen molar-refractivity contribution in [2.45, 2.75) is 37.6 Å². The van der Waals surface area contributed by atoms with Crippen LogP contribution >= 0.6 is 0 Å². The molecule has 4 heteroatoms. The van der Waals surface area contributed by atoms with E-state index in [2.05, 4.69) is 21.9 Å². The summed E-state index contributed by atoms with van der Waals surface area (Å²) in [6, 6.07) is 8.79. The van der Waals surface area contributed by atoms with Crippen molar-refractivity contribution in [1.29, 1.82) is 0 Å². The van der Waals surface area contributed by atoms with Gasteiger partial charge in [0.2, 0.25) is 5.91 Å². The number of hydrogen-bond acceptors (Lipinski definition) is 3. The Morgan fingerprint density at radius 3 is 2.83 bits per heavy atom. The Hall–Kier alpha value is -1.55. The summed E-state index contributed by atoms with van der Waals surface area (Å²) in [6.07, 6.45) is 4.80. The van der Waals surface area contributed by atoms with Crippen LogP contribution in [0, 0.1) is 5.92 Å². The van der Waals surface area contributed by atoms with Crippen molar-refractivity contribution in [1.82, 2.24) is 9.80 Å². The molecule has 1 saturated carbocycles. The molecule has 0 bridgehead atoms. The van der Waals surface area contributed by atoms with Crippen molar-refractivity contribution in [3.05, 3.63) is 29.8 Å². The summed E-state index contributed by atoms with van der Waals surface area (Å²) in [5.41, 5.74) is 1.25. The number of hydrogen-bond donors (Lipinski definition) is 0. The molecule has 1 aromatic rings. The van der Waals surface area contributed by atoms with Crippen molar-refractivity contribution in [2.75, 3.05) is 33.3 Å². The van der Waals surface area contributed by atoms with E-state index in [0.29, 0.717) is 17.9 Å². The highest BCUT2D eigenvalue weighted by molar-refractivity contribution is 5.83. The van der Waals surface area contributed by atoms with E-state index in [4.69, 9.17) is 4.74 Å². The lowest BCUT2D eigenvalue weighted by atomic mass is 10.1. The smallest absolute Gasteiger partial charge is 0.226 e. The van der Waals surface area contributed by atoms with Gasteiger partial charge in [0.05, 0.1) is 7.11 Å². The van der Waals surface area contributed by atoms with Crippen LogP contribution in [0.2, 0.25) is 0 Å². The zero-order valence-corrected chi connectivity index (χ0v) is 13.9. The van der Waals surface area contributed by atoms with E-state index < -0.39 is 0 Å². The standard InChI is InChI=1S/C19H26N2O2/c1-23-16-6-4-5-14(11-16)17-12-18(17)19(22)21-10-7-15(13-21)20-8-2-3-9-20/h4-6,11,15,17-18H,2-3,7-10,12-13H2,1H3/t15-,17-,18-/m0/s1. The fraction of sp³-hybridized carbons (Fsp3) is 0.632. The average Bonchev–Trinajstić information content (AvgIpc) is 3.00. The largest absolute Gasteiger partial charge is 0.497 e. The Bertz CT molecular complexity index is 582. The lowest BCUT2D eigenvalue weighted by Crippen LogP contribution is -2.37. The summed E-state index contributed by atoms with van der Waals surface area (Å²) >= 11 is 0. The second kappa shape index (κ2) is 6.16. The molecule has 4 nitrogen and oxygen atoms in total. The SMILES string of the molecule is COc1cccc([C@@H]2C[C@@H]2C(=O)N2CC[C@H](N3CCCC3)C2)c1. The van der Waals surface area contributed by atoms with E-state index >= 15 is 0 Å². The van der Waals surface area contributed by atoms with Gasteiger partial charge in [-0.1, -0.05) is 12.1 Å². The normalized spacial score (nSPS) is 30.7. The molecule has 3 aliphatic rings. The minimum atomic E-state index is 0.194. The molecule has 0 radical (unpaired) electrons. The summed E-state index contributed by atoms with van der Waals surface area (Å²) in [6.45, 7) is 4.34. The molecular formula is C19H26N2O2. The summed E-state index contributed by atoms with van der Waals surface area (Å²) in [5, 5.41) is 0. The van der Waals surface area contributed by atoms with Gasteiger partial charge in [-0.25, -0.2) is 0 Å². The summed E-state index contributed by atoms with van der Waals surface area (Å²) in [4.78, 5) is 17.5. The first kappa shape index (κ1) is 15.0. The summed E-state index contributed by atoms with van der Waals surface area (Å²) < 4.78 is 5.30. The van der Waals surface area contributed by atoms with Crippen LogP contribution in [0.1, 0.15) is 37.2 Å². The minimum absolute atomic E-state index is 0.194. The molecule has 0 unspecified atom stereocenters. The van der Waals surface area contributed by atoms with Gasteiger partial charge < -0.3 is 9.64 Å². The second-order valence-electron chi connectivity index (χ2n) is 7.20. The van der Waals surface area contributed by atoms with Crippen LogP contribution in [0.15, 0.2) is 24.3 Å². The highest BCUT2D eigenvalue weighted by atomic mass is 16.5. The van der Waals surface area contributed by atoms with Crippen molar-refractivity contribution in [3.63, 3.8) is 0 Å². The molecule has 0 N–H and O–H groups in total. The second-order valence-corrected chi connectivity index (χ2v) is 7.20. The van der Waals surface area contributed by atoms with E-state index in [1.54, 1.807) is 7.11 Å². The number of benzene rings is 1. The van der Waals surface area contributed by atoms with Crippen LogP contribution in [-0.2, 0) is 4.79 Å². The van der Waals surface area contributed by atoms with Gasteiger partial charge in [-0.05, 0) is 62.4 Å². The maximum atomic E-state index is 12.8. The van der Waals surface area contributed by atoms with Gasteiger partial charge in [0.1, 0.15) is 5.75 Å². The summed E-state index contributed by atoms with van der Waals surface area (Å²) in [5.74, 6) is 1.85. The molecule has 0 aromatic heterocycles. The number of carbonyl (C=O) groups is 1. The van der Waals surface area contributed by atoms with Crippen molar-refractivity contribution >= 4 is 5.91 Å². The number of ether oxygens (including phenoxy) is 1. The van der Waals surface area contributed by atoms with E-state index in [1.165, 1.54) is 31.5 Å². The Labute approximate surface area is 138 Å². The molecule has 4 rings (SSSR count). The fourth-order valence-electron chi connectivity index (χ4n) is 4.29. The van der Waals surface area contributed by atoms with Crippen molar-refractivity contribution < 1.29 is 9.53 Å². The number of nitrogens with zero attached hydrogens (tertiary/aromatic N) is 2. The van der Waals surface area contributed by atoms with Gasteiger partial charge in [0.15, 0.2) is 0 Å². The molecule has 1 aromatic carbocycles. The predicted molar refractivity (Wildman–Crippen MR) is 89.6 cm³/mol. The third-order valence-corrected chi connectivity index (χ3v) is 5.76. The molecule has 124 valence electrons. The summed E-state index contributed by atoms with van der Waals surface area (Å²) in [7, 11) is 1.69. The molecule has 2 heterocycles. The van der Waals surface area contributed by atoms with Gasteiger partial charge >= 0.3 is 0 Å². The maximum Gasteiger partial charge on any atom is 0.226 e. The quantitative estimate of drug-likeness (QED) is 0.856. The highest BCUT2D eigenvalue weighted by Gasteiger charge is 2.47. The highest BCUT2D eigenvalue weighted by Crippen LogP contribution is 2.49. The van der Waals surface area contributed by atoms with Crippen LogP contribution in [-0.4, -0.2) is 55.0 Å². The van der Waals surface area contributed by atoms with Gasteiger partial charge in [-0.3, -0.25) is 9.69 Å². The van der Waals surface area contributed by atoms with E-state index in [1.807, 2.05) is 12.1 Å². The first-order chi connectivity index (χ1) is 11.3. The van der Waals surface area contributed by atoms with E-state index in [0.717, 1.165) is 31.7 Å². The van der Waals surface area contributed by atoms with Crippen LogP contribution < -0.4 is 4.74 Å². The van der Waals surface area contributed by atoms with Crippen LogP contribution in [0.25, 0.3) is 0 Å². The molecule has 2 saturated heterocycles. The Morgan fingerprint density at radius 1 is 1.22 bits per heavy atom. The number of rotatable bonds is 4. The lowest BCUT2D eigenvalue weighted by molar-refractivity contribution is -0.131. The first-order valence-corrected chi connectivity index (χ1v) is 8.93. The van der Waals surface area contributed by atoms with E-state index in [-0.39, 0.29) is 5.92 Å². The molecule has 1 aliphatic carbocycles. The van der Waals surface area contributed by atoms with Crippen LogP contribution in [0.4, 0.5) is 0 Å². The molecular weight excluding hydrogens is 288 g/mol. The Kier molecular flexibility index (Phi) is 4.02. The maximum absolute atomic E-state index is 12.8. The van der Waals surface area contributed by atoms with Gasteiger partial charge in [0.25, 0.3) is 0 Å². The van der Waals surface area contributed by atoms with Crippen LogP contribution in [0.5, 0.6) is 5.75 Å². The van der Waals surface area contributed by atoms with Gasteiger partial charge in [0, 0.05) is 25.0 Å². The Balaban J connectivity index is 1.35. The van der Waals surface area contributed by atoms with Crippen molar-refractivity contribution in [3.8, 4) is 5.75 Å².